The summed E-state index contributed by atoms with van der Waals surface area (Å²) in [7, 11) is -4.83. The van der Waals surface area contributed by atoms with Crippen molar-refractivity contribution >= 4 is 49.3 Å². The van der Waals surface area contributed by atoms with Crippen molar-refractivity contribution in [1.82, 2.24) is 10.2 Å². The second-order valence-corrected chi connectivity index (χ2v) is 6.63. The Morgan fingerprint density at radius 1 is 0.962 bits per heavy atom. The first kappa shape index (κ1) is 20.8. The van der Waals surface area contributed by atoms with Crippen LogP contribution in [0.2, 0.25) is 0 Å². The van der Waals surface area contributed by atoms with Crippen molar-refractivity contribution in [2.24, 2.45) is 0 Å². The first-order valence-corrected chi connectivity index (χ1v) is 8.83. The predicted molar refractivity (Wildman–Crippen MR) is 94.2 cm³/mol. The number of imide groups is 1. The van der Waals surface area contributed by atoms with Gasteiger partial charge in [0.05, 0.1) is 0 Å². The number of carbonyl (C=O) groups excluding carboxylic acids is 2. The van der Waals surface area contributed by atoms with Crippen LogP contribution in [0.25, 0.3) is 0 Å². The molecule has 8 nitrogen and oxygen atoms in total. The van der Waals surface area contributed by atoms with E-state index in [2.05, 4.69) is 9.84 Å². The number of rotatable bonds is 5. The molecule has 0 radical (unpaired) electrons. The van der Waals surface area contributed by atoms with E-state index in [1.165, 1.54) is 0 Å². The third-order valence-corrected chi connectivity index (χ3v) is 4.33. The molecule has 0 bridgehead atoms. The second kappa shape index (κ2) is 8.02. The van der Waals surface area contributed by atoms with Gasteiger partial charge in [0, 0.05) is 0 Å². The van der Waals surface area contributed by atoms with Crippen LogP contribution in [0, 0.1) is 0 Å². The van der Waals surface area contributed by atoms with Gasteiger partial charge in [0.25, 0.3) is 5.91 Å². The molecule has 10 heteroatoms. The Morgan fingerprint density at radius 3 is 1.85 bits per heavy atom. The number of hydrogen-bond donors (Lipinski definition) is 3. The molecule has 0 saturated carbocycles. The molecule has 2 aromatic carbocycles. The summed E-state index contributed by atoms with van der Waals surface area (Å²) < 4.78 is 15.2. The minimum absolute atomic E-state index is 0. The summed E-state index contributed by atoms with van der Waals surface area (Å²) in [6.45, 7) is -0.851. The van der Waals surface area contributed by atoms with Gasteiger partial charge in [0.15, 0.2) is 5.54 Å². The van der Waals surface area contributed by atoms with E-state index in [1.807, 2.05) is 0 Å². The van der Waals surface area contributed by atoms with Gasteiger partial charge in [0.2, 0.25) is 0 Å². The van der Waals surface area contributed by atoms with Gasteiger partial charge < -0.3 is 15.1 Å². The number of urea groups is 1. The van der Waals surface area contributed by atoms with Crippen molar-refractivity contribution in [1.29, 1.82) is 0 Å². The molecule has 3 N–H and O–H groups in total. The van der Waals surface area contributed by atoms with Gasteiger partial charge in [-0.25, -0.2) is 14.3 Å². The number of nitrogens with one attached hydrogen (secondary N) is 1. The summed E-state index contributed by atoms with van der Waals surface area (Å²) in [4.78, 5) is 43.7. The third kappa shape index (κ3) is 3.92. The zero-order valence-electron chi connectivity index (χ0n) is 12.9. The average Bonchev–Trinajstić information content (AvgIpc) is 2.85. The van der Waals surface area contributed by atoms with Crippen LogP contribution in [0.1, 0.15) is 11.1 Å². The van der Waals surface area contributed by atoms with E-state index in [1.54, 1.807) is 60.7 Å². The molecular weight excluding hydrogens is 370 g/mol. The standard InChI is InChI=1S/C16H15N2O6P.Na.H/c19-14-16(12-7-3-1-4-8-12,13-9-5-2-6-10-13)17-15(20)18(14)11-24-25(21,22)23;;/h1-10H,11H2,(H,17,20)(H2,21,22,23);;. The third-order valence-electron chi connectivity index (χ3n) is 3.87. The quantitative estimate of drug-likeness (QED) is 0.400. The van der Waals surface area contributed by atoms with Crippen LogP contribution in [-0.2, 0) is 19.4 Å². The number of benzene rings is 2. The molecule has 1 aliphatic rings. The van der Waals surface area contributed by atoms with Crippen molar-refractivity contribution in [2.45, 2.75) is 5.54 Å². The van der Waals surface area contributed by atoms with Crippen molar-refractivity contribution in [3.05, 3.63) is 71.8 Å². The van der Waals surface area contributed by atoms with Crippen LogP contribution in [-0.4, -0.2) is 62.9 Å². The average molecular weight is 386 g/mol. The molecule has 1 heterocycles. The van der Waals surface area contributed by atoms with E-state index in [-0.39, 0.29) is 29.6 Å². The fraction of sp³-hybridized carbons (Fsp3) is 0.125. The maximum absolute atomic E-state index is 13.1. The van der Waals surface area contributed by atoms with Gasteiger partial charge in [-0.15, -0.1) is 0 Å². The SMILES string of the molecule is O=C1NC(c2ccccc2)(c2ccccc2)C(=O)N1COP(=O)(O)O.[NaH]. The molecule has 0 aliphatic carbocycles. The normalized spacial score (nSPS) is 16.2. The summed E-state index contributed by atoms with van der Waals surface area (Å²) >= 11 is 0. The van der Waals surface area contributed by atoms with Crippen molar-refractivity contribution < 1.29 is 28.5 Å². The Kier molecular flexibility index (Phi) is 6.42. The van der Waals surface area contributed by atoms with Gasteiger partial charge in [0.1, 0.15) is 6.73 Å². The number of nitrogens with zero attached hydrogens (tertiary/aromatic N) is 1. The van der Waals surface area contributed by atoms with Gasteiger partial charge in [-0.1, -0.05) is 60.7 Å². The Morgan fingerprint density at radius 2 is 1.42 bits per heavy atom. The summed E-state index contributed by atoms with van der Waals surface area (Å²) in [5, 5.41) is 2.64. The molecule has 3 amide bonds. The Hall–Kier alpha value is -1.51. The predicted octanol–water partition coefficient (Wildman–Crippen LogP) is 0.900. The Balaban J connectivity index is 0.00000243. The molecule has 0 atom stereocenters. The molecule has 132 valence electrons. The van der Waals surface area contributed by atoms with E-state index in [4.69, 9.17) is 9.79 Å². The molecule has 0 aromatic heterocycles. The van der Waals surface area contributed by atoms with E-state index in [0.717, 1.165) is 0 Å². The van der Waals surface area contributed by atoms with Crippen LogP contribution in [0.15, 0.2) is 60.7 Å². The summed E-state index contributed by atoms with van der Waals surface area (Å²) in [5.41, 5.74) is -0.436. The molecular formula is C16H16N2NaO6P. The Labute approximate surface area is 171 Å². The van der Waals surface area contributed by atoms with Crippen molar-refractivity contribution in [3.63, 3.8) is 0 Å². The molecule has 0 unspecified atom stereocenters. The fourth-order valence-corrected chi connectivity index (χ4v) is 3.03. The number of phosphoric ester groups is 1. The summed E-state index contributed by atoms with van der Waals surface area (Å²) in [5.74, 6) is -0.677. The van der Waals surface area contributed by atoms with Gasteiger partial charge in [-0.05, 0) is 11.1 Å². The van der Waals surface area contributed by atoms with E-state index in [9.17, 15) is 14.2 Å². The van der Waals surface area contributed by atoms with E-state index >= 15 is 0 Å². The first-order valence-electron chi connectivity index (χ1n) is 7.30. The number of carbonyl (C=O) groups is 2. The van der Waals surface area contributed by atoms with Crippen LogP contribution in [0.5, 0.6) is 0 Å². The Bertz CT molecular complexity index is 803. The van der Waals surface area contributed by atoms with Gasteiger partial charge >= 0.3 is 43.4 Å². The van der Waals surface area contributed by atoms with Crippen LogP contribution < -0.4 is 5.32 Å². The fourth-order valence-electron chi connectivity index (χ4n) is 2.76. The monoisotopic (exact) mass is 386 g/mol. The first-order chi connectivity index (χ1) is 11.8. The van der Waals surface area contributed by atoms with Crippen LogP contribution in [0.4, 0.5) is 4.79 Å². The molecule has 1 saturated heterocycles. The molecule has 1 fully saturated rings. The number of phosphoric acid groups is 1. The number of hydrogen-bond acceptors (Lipinski definition) is 4. The van der Waals surface area contributed by atoms with Crippen molar-refractivity contribution in [2.75, 3.05) is 6.73 Å². The topological polar surface area (TPSA) is 116 Å². The maximum atomic E-state index is 13.1. The number of amides is 3. The second-order valence-electron chi connectivity index (χ2n) is 5.39. The van der Waals surface area contributed by atoms with E-state index in [0.29, 0.717) is 16.0 Å². The van der Waals surface area contributed by atoms with Crippen molar-refractivity contribution in [3.8, 4) is 0 Å². The van der Waals surface area contributed by atoms with Gasteiger partial charge in [-0.2, -0.15) is 0 Å². The van der Waals surface area contributed by atoms with Crippen LogP contribution in [0.3, 0.4) is 0 Å². The van der Waals surface area contributed by atoms with Gasteiger partial charge in [-0.3, -0.25) is 9.32 Å². The zero-order chi connectivity index (χ0) is 18.1. The zero-order valence-corrected chi connectivity index (χ0v) is 13.8. The molecule has 0 spiro atoms. The molecule has 1 aliphatic heterocycles. The summed E-state index contributed by atoms with van der Waals surface area (Å²) in [6.07, 6.45) is 0. The molecule has 26 heavy (non-hydrogen) atoms. The molecule has 2 aromatic rings. The summed E-state index contributed by atoms with van der Waals surface area (Å²) in [6, 6.07) is 16.4. The minimum atomic E-state index is -4.83. The van der Waals surface area contributed by atoms with Crippen LogP contribution >= 0.6 is 7.82 Å². The van der Waals surface area contributed by atoms with E-state index < -0.39 is 32.0 Å². The molecule has 3 rings (SSSR count).